The van der Waals surface area contributed by atoms with Gasteiger partial charge in [-0.15, -0.1) is 0 Å². The average Bonchev–Trinajstić information content (AvgIpc) is 2.99. The van der Waals surface area contributed by atoms with Gasteiger partial charge in [0.1, 0.15) is 26.3 Å². The summed E-state index contributed by atoms with van der Waals surface area (Å²) in [4.78, 5) is 63.0. The second-order valence-electron chi connectivity index (χ2n) is 13.2. The quantitative estimate of drug-likeness (QED) is 0.0524. The molecule has 0 aliphatic rings. The first-order valence-electron chi connectivity index (χ1n) is 16.1. The van der Waals surface area contributed by atoms with E-state index in [0.29, 0.717) is 0 Å². The topological polar surface area (TPSA) is 317 Å². The maximum atomic E-state index is 10.8. The van der Waals surface area contributed by atoms with Crippen molar-refractivity contribution < 1.29 is 75.5 Å². The minimum atomic E-state index is -3.00. The standard InChI is InChI=1S/C6H14O3S.C5H13NO4S.C5H12O4S.C5H12O3S.C5H10OS.C4H7BrO.C2H6/c1-5(7)6(2,3)10(4,8)9;1-5(2,4(7)6-8)11(3,9)10;1-5(2,4(6)7)10(3,8)9;1-4(6)5(2)9(3,7)8;1-4(6)5(2)7-3;1-3(5)4(2)6;1-2/h8-9H,1-4H3;8-10H,1-3H3,(H,6,7);8-9H,1-3H3,(H,6,7);5,7-8H,1-3H3;5H,1-3H3;3H,1-2H3;1-2H3. The van der Waals surface area contributed by atoms with Crippen LogP contribution in [0.5, 0.6) is 0 Å². The molecule has 0 radical (unpaired) electrons. The lowest BCUT2D eigenvalue weighted by Gasteiger charge is -2.41. The number of amides is 1. The molecule has 1 amide bonds. The molecule has 0 saturated carbocycles. The van der Waals surface area contributed by atoms with Crippen molar-refractivity contribution in [3.05, 3.63) is 0 Å². The van der Waals surface area contributed by atoms with Crippen molar-refractivity contribution >= 4 is 105 Å². The number of Topliss-reactive ketones (excluding diaryl/α,β-unsaturated/α-hetero) is 4. The summed E-state index contributed by atoms with van der Waals surface area (Å²) >= 11 is 4.67. The molecule has 0 fully saturated rings. The molecule has 0 aliphatic carbocycles. The highest BCUT2D eigenvalue weighted by atomic mass is 79.9. The highest BCUT2D eigenvalue weighted by Crippen LogP contribution is 2.50. The van der Waals surface area contributed by atoms with E-state index in [-0.39, 0.29) is 33.2 Å². The Kier molecular flexibility index (Phi) is 37.3. The lowest BCUT2D eigenvalue weighted by atomic mass is 10.1. The Morgan fingerprint density at radius 2 is 0.873 bits per heavy atom. The number of alkyl halides is 1. The van der Waals surface area contributed by atoms with Gasteiger partial charge in [0.25, 0.3) is 5.91 Å². The summed E-state index contributed by atoms with van der Waals surface area (Å²) in [6, 6.07) is 0. The predicted molar refractivity (Wildman–Crippen MR) is 240 cm³/mol. The van der Waals surface area contributed by atoms with Gasteiger partial charge in [-0.25, -0.2) is 10.3 Å². The van der Waals surface area contributed by atoms with E-state index in [1.54, 1.807) is 25.6 Å². The third-order valence-corrected chi connectivity index (χ3v) is 17.4. The lowest BCUT2D eigenvalue weighted by Crippen LogP contribution is -2.44. The fourth-order valence-corrected chi connectivity index (χ4v) is 3.46. The van der Waals surface area contributed by atoms with Gasteiger partial charge in [-0.3, -0.25) is 65.6 Å². The molecule has 3 atom stereocenters. The number of carboxylic acids is 1. The SMILES string of the molecule is CC.CC(=O)C(C)(C)S(C)(O)O.CC(=O)C(C)Br.CC(=O)C(C)S(C)(O)O.CC(C)(C(=O)NO)S(C)(O)O.CC(C)(C(=O)O)S(C)(O)O.CSC(C)C(C)=O. The van der Waals surface area contributed by atoms with E-state index < -0.39 is 73.7 Å². The number of hydroxylamine groups is 1. The Balaban J connectivity index is -0.000000101. The van der Waals surface area contributed by atoms with E-state index in [4.69, 9.17) is 46.7 Å². The summed E-state index contributed by atoms with van der Waals surface area (Å²) in [7, 11) is -11.4. The van der Waals surface area contributed by atoms with Gasteiger partial charge in [-0.05, 0) is 96.3 Å². The summed E-state index contributed by atoms with van der Waals surface area (Å²) in [6.07, 6.45) is 6.78. The van der Waals surface area contributed by atoms with E-state index in [2.05, 4.69) is 15.9 Å². The molecule has 3 unspecified atom stereocenters. The van der Waals surface area contributed by atoms with Crippen molar-refractivity contribution in [2.24, 2.45) is 0 Å². The van der Waals surface area contributed by atoms with Crippen LogP contribution in [0.1, 0.15) is 104 Å². The molecule has 340 valence electrons. The number of halogens is 1. The number of hydrogen-bond acceptors (Lipinski definition) is 16. The zero-order valence-corrected chi connectivity index (χ0v) is 41.7. The van der Waals surface area contributed by atoms with E-state index >= 15 is 0 Å². The van der Waals surface area contributed by atoms with Crippen LogP contribution < -0.4 is 5.48 Å². The molecule has 23 heteroatoms. The predicted octanol–water partition coefficient (Wildman–Crippen LogP) is 8.67. The van der Waals surface area contributed by atoms with Crippen molar-refractivity contribution in [3.63, 3.8) is 0 Å². The van der Waals surface area contributed by atoms with Gasteiger partial charge in [0.15, 0.2) is 16.3 Å². The van der Waals surface area contributed by atoms with Crippen molar-refractivity contribution in [1.29, 1.82) is 0 Å². The zero-order chi connectivity index (χ0) is 47.1. The Morgan fingerprint density at radius 1 is 0.600 bits per heavy atom. The van der Waals surface area contributed by atoms with Gasteiger partial charge >= 0.3 is 5.97 Å². The van der Waals surface area contributed by atoms with Crippen LogP contribution in [-0.4, -0.2) is 143 Å². The number of hydrogen-bond donors (Lipinski definition) is 11. The summed E-state index contributed by atoms with van der Waals surface area (Å²) in [5.74, 6) is -1.95. The number of aliphatic carboxylic acids is 1. The molecule has 0 heterocycles. The highest BCUT2D eigenvalue weighted by molar-refractivity contribution is 9.10. The van der Waals surface area contributed by atoms with Crippen LogP contribution in [0.25, 0.3) is 0 Å². The molecular formula is C32H74BrNO16S5. The van der Waals surface area contributed by atoms with Gasteiger partial charge in [-0.2, -0.15) is 54.1 Å². The van der Waals surface area contributed by atoms with Gasteiger partial charge in [0.05, 0.1) is 10.1 Å². The summed E-state index contributed by atoms with van der Waals surface area (Å²) < 4.78 is 68.4. The van der Waals surface area contributed by atoms with Gasteiger partial charge in [0.2, 0.25) is 0 Å². The number of carbonyl (C=O) groups is 6. The molecule has 0 aromatic rings. The number of carboxylic acid groups (broad SMARTS) is 1. The maximum absolute atomic E-state index is 10.8. The zero-order valence-electron chi connectivity index (χ0n) is 36.1. The molecule has 0 saturated heterocycles. The van der Waals surface area contributed by atoms with Gasteiger partial charge in [0, 0.05) is 25.0 Å². The van der Waals surface area contributed by atoms with E-state index in [1.807, 2.05) is 34.0 Å². The van der Waals surface area contributed by atoms with E-state index in [1.165, 1.54) is 80.3 Å². The van der Waals surface area contributed by atoms with Crippen LogP contribution in [0.15, 0.2) is 0 Å². The fourth-order valence-electron chi connectivity index (χ4n) is 1.23. The summed E-state index contributed by atoms with van der Waals surface area (Å²) in [6.45, 7) is 23.4. The van der Waals surface area contributed by atoms with Gasteiger partial charge < -0.3 is 5.11 Å². The highest BCUT2D eigenvalue weighted by Gasteiger charge is 2.39. The summed E-state index contributed by atoms with van der Waals surface area (Å²) in [5.41, 5.74) is 1.37. The number of thioether (sulfide) groups is 1. The molecule has 0 aromatic carbocycles. The Hall–Kier alpha value is -0.510. The normalized spacial score (nSPS) is 14.4. The van der Waals surface area contributed by atoms with Crippen LogP contribution >= 0.6 is 70.1 Å². The Labute approximate surface area is 348 Å². The molecule has 0 rings (SSSR count). The molecule has 0 aliphatic heterocycles. The van der Waals surface area contributed by atoms with Crippen LogP contribution in [0.3, 0.4) is 0 Å². The third kappa shape index (κ3) is 32.1. The Bertz CT molecular complexity index is 1120. The molecule has 0 aromatic heterocycles. The largest absolute Gasteiger partial charge is 0.480 e. The first-order valence-corrected chi connectivity index (χ1v) is 26.2. The molecule has 55 heavy (non-hydrogen) atoms. The smallest absolute Gasteiger partial charge is 0.328 e. The fraction of sp³-hybridized carbons (Fsp3) is 0.812. The third-order valence-electron chi connectivity index (χ3n) is 7.64. The monoisotopic (exact) mass is 967 g/mol. The summed E-state index contributed by atoms with van der Waals surface area (Å²) in [5, 5.41) is 16.3. The van der Waals surface area contributed by atoms with Crippen LogP contribution in [0.2, 0.25) is 0 Å². The van der Waals surface area contributed by atoms with Crippen molar-refractivity contribution in [1.82, 2.24) is 5.48 Å². The minimum Gasteiger partial charge on any atom is -0.480 e. The molecule has 0 bridgehead atoms. The molecule has 17 nitrogen and oxygen atoms in total. The molecular weight excluding hydrogens is 895 g/mol. The van der Waals surface area contributed by atoms with E-state index in [0.717, 1.165) is 12.5 Å². The average molecular weight is 969 g/mol. The number of nitrogens with one attached hydrogen (secondary N) is 1. The second-order valence-corrected chi connectivity index (χ2v) is 26.3. The van der Waals surface area contributed by atoms with E-state index in [9.17, 15) is 28.8 Å². The number of rotatable bonds is 11. The van der Waals surface area contributed by atoms with Crippen LogP contribution in [-0.2, 0) is 28.8 Å². The lowest BCUT2D eigenvalue weighted by molar-refractivity contribution is -0.139. The van der Waals surface area contributed by atoms with Crippen molar-refractivity contribution in [2.75, 3.05) is 31.3 Å². The molecule has 0 spiro atoms. The van der Waals surface area contributed by atoms with Gasteiger partial charge in [-0.1, -0.05) is 29.8 Å². The number of ketones is 4. The molecule has 11 N–H and O–H groups in total. The second kappa shape index (κ2) is 29.7. The Morgan fingerprint density at radius 3 is 0.891 bits per heavy atom. The van der Waals surface area contributed by atoms with Crippen LogP contribution in [0.4, 0.5) is 0 Å². The van der Waals surface area contributed by atoms with Crippen molar-refractivity contribution in [2.45, 2.75) is 133 Å². The maximum Gasteiger partial charge on any atom is 0.328 e. The first-order chi connectivity index (χ1) is 23.8. The number of carbonyl (C=O) groups excluding carboxylic acids is 5. The first kappa shape index (κ1) is 69.1. The minimum absolute atomic E-state index is 0.0255. The van der Waals surface area contributed by atoms with Crippen LogP contribution in [0, 0.1) is 0 Å². The van der Waals surface area contributed by atoms with Crippen molar-refractivity contribution in [3.8, 4) is 0 Å².